The van der Waals surface area contributed by atoms with Crippen LogP contribution < -0.4 is 10.1 Å². The number of carbonyl (C=O) groups excluding carboxylic acids is 2. The van der Waals surface area contributed by atoms with E-state index in [-0.39, 0.29) is 23.6 Å². The lowest BCUT2D eigenvalue weighted by molar-refractivity contribution is -0.141. The van der Waals surface area contributed by atoms with Crippen molar-refractivity contribution in [2.24, 2.45) is 5.92 Å². The Bertz CT molecular complexity index is 1200. The minimum atomic E-state index is -4.65. The Hall–Kier alpha value is -3.43. The summed E-state index contributed by atoms with van der Waals surface area (Å²) in [5, 5.41) is 2.62. The molecule has 3 aromatic rings. The molecule has 10 heteroatoms. The molecule has 4 rings (SSSR count). The Morgan fingerprint density at radius 3 is 2.56 bits per heavy atom. The van der Waals surface area contributed by atoms with Crippen molar-refractivity contribution >= 4 is 23.5 Å². The maximum absolute atomic E-state index is 13.0. The predicted octanol–water partition coefficient (Wildman–Crippen LogP) is 5.26. The first-order chi connectivity index (χ1) is 16.1. The number of fused-ring (bicyclic) bond motifs is 1. The highest BCUT2D eigenvalue weighted by Gasteiger charge is 2.33. The van der Waals surface area contributed by atoms with Crippen LogP contribution in [0.5, 0.6) is 5.75 Å². The number of amides is 1. The lowest BCUT2D eigenvalue weighted by Gasteiger charge is -2.23. The number of nitrogens with one attached hydrogen (secondary N) is 1. The van der Waals surface area contributed by atoms with Gasteiger partial charge >= 0.3 is 6.18 Å². The predicted molar refractivity (Wildman–Crippen MR) is 119 cm³/mol. The third-order valence-electron chi connectivity index (χ3n) is 5.84. The maximum Gasteiger partial charge on any atom is 0.433 e. The molecule has 180 valence electrons. The minimum absolute atomic E-state index is 0.102. The topological polar surface area (TPSA) is 85.6 Å². The highest BCUT2D eigenvalue weighted by atomic mass is 19.4. The van der Waals surface area contributed by atoms with Crippen molar-refractivity contribution in [3.63, 3.8) is 0 Å². The number of anilines is 1. The molecule has 0 aromatic carbocycles. The van der Waals surface area contributed by atoms with Crippen molar-refractivity contribution in [3.05, 3.63) is 53.7 Å². The largest absolute Gasteiger partial charge is 0.489 e. The van der Waals surface area contributed by atoms with Crippen LogP contribution in [-0.2, 0) is 11.0 Å². The number of nitrogens with zero attached hydrogens (tertiary/aromatic N) is 3. The molecule has 1 saturated carbocycles. The van der Waals surface area contributed by atoms with Crippen LogP contribution in [-0.4, -0.2) is 32.7 Å². The standard InChI is InChI=1S/C24H25F3N4O3/c1-14(2)34-20-10-22-29-18(16-8-6-15(13-32)7-9-16)11-31(22)12-19(20)30-23(33)17-4-3-5-21(28-17)24(25,26)27/h3-5,10-16H,6-9H2,1-2H3,(H,30,33). The van der Waals surface area contributed by atoms with Gasteiger partial charge in [0.25, 0.3) is 5.91 Å². The summed E-state index contributed by atoms with van der Waals surface area (Å²) in [7, 11) is 0. The molecule has 0 radical (unpaired) electrons. The summed E-state index contributed by atoms with van der Waals surface area (Å²) in [5.41, 5.74) is 0.307. The van der Waals surface area contributed by atoms with Crippen molar-refractivity contribution in [1.82, 2.24) is 14.4 Å². The summed E-state index contributed by atoms with van der Waals surface area (Å²) in [5.74, 6) is -0.0975. The summed E-state index contributed by atoms with van der Waals surface area (Å²) in [4.78, 5) is 31.9. The van der Waals surface area contributed by atoms with E-state index >= 15 is 0 Å². The number of halogens is 3. The SMILES string of the molecule is CC(C)Oc1cc2nc(C3CCC(C=O)CC3)cn2cc1NC(=O)c1cccc(C(F)(F)F)n1. The molecule has 0 atom stereocenters. The van der Waals surface area contributed by atoms with E-state index in [1.165, 1.54) is 6.07 Å². The molecule has 7 nitrogen and oxygen atoms in total. The lowest BCUT2D eigenvalue weighted by atomic mass is 9.81. The second kappa shape index (κ2) is 9.44. The fraction of sp³-hybridized carbons (Fsp3) is 0.417. The zero-order valence-electron chi connectivity index (χ0n) is 18.8. The van der Waals surface area contributed by atoms with Gasteiger partial charge in [0.05, 0.1) is 11.8 Å². The number of alkyl halides is 3. The maximum atomic E-state index is 13.0. The van der Waals surface area contributed by atoms with Crippen LogP contribution in [0.2, 0.25) is 0 Å². The van der Waals surface area contributed by atoms with Gasteiger partial charge < -0.3 is 19.2 Å². The highest BCUT2D eigenvalue weighted by molar-refractivity contribution is 6.03. The minimum Gasteiger partial charge on any atom is -0.489 e. The van der Waals surface area contributed by atoms with Gasteiger partial charge in [0.15, 0.2) is 0 Å². The lowest BCUT2D eigenvalue weighted by Crippen LogP contribution is -2.18. The van der Waals surface area contributed by atoms with E-state index in [0.29, 0.717) is 17.1 Å². The van der Waals surface area contributed by atoms with Crippen molar-refractivity contribution in [1.29, 1.82) is 0 Å². The van der Waals surface area contributed by atoms with Gasteiger partial charge in [-0.25, -0.2) is 9.97 Å². The van der Waals surface area contributed by atoms with E-state index < -0.39 is 17.8 Å². The number of imidazole rings is 1. The molecule has 34 heavy (non-hydrogen) atoms. The molecule has 0 spiro atoms. The third kappa shape index (κ3) is 5.21. The Morgan fingerprint density at radius 1 is 1.18 bits per heavy atom. The average Bonchev–Trinajstić information content (AvgIpc) is 3.21. The third-order valence-corrected chi connectivity index (χ3v) is 5.84. The molecular formula is C24H25F3N4O3. The highest BCUT2D eigenvalue weighted by Crippen LogP contribution is 2.36. The second-order valence-electron chi connectivity index (χ2n) is 8.76. The number of pyridine rings is 2. The van der Waals surface area contributed by atoms with Crippen molar-refractivity contribution in [2.75, 3.05) is 5.32 Å². The van der Waals surface area contributed by atoms with Gasteiger partial charge in [-0.1, -0.05) is 6.07 Å². The molecule has 0 saturated heterocycles. The van der Waals surface area contributed by atoms with Crippen LogP contribution in [0, 0.1) is 5.92 Å². The number of ether oxygens (including phenoxy) is 1. The fourth-order valence-corrected chi connectivity index (χ4v) is 4.13. The van der Waals surface area contributed by atoms with Crippen molar-refractivity contribution in [3.8, 4) is 5.75 Å². The quantitative estimate of drug-likeness (QED) is 0.493. The molecule has 0 aliphatic heterocycles. The number of aromatic nitrogens is 3. The molecular weight excluding hydrogens is 449 g/mol. The normalized spacial score (nSPS) is 18.8. The summed E-state index contributed by atoms with van der Waals surface area (Å²) < 4.78 is 46.6. The van der Waals surface area contributed by atoms with E-state index in [2.05, 4.69) is 10.3 Å². The Balaban J connectivity index is 1.63. The van der Waals surface area contributed by atoms with Gasteiger partial charge in [-0.2, -0.15) is 13.2 Å². The zero-order chi connectivity index (χ0) is 24.5. The second-order valence-corrected chi connectivity index (χ2v) is 8.76. The average molecular weight is 474 g/mol. The molecule has 1 N–H and O–H groups in total. The van der Waals surface area contributed by atoms with Gasteiger partial charge in [-0.05, 0) is 51.7 Å². The van der Waals surface area contributed by atoms with Crippen LogP contribution in [0.4, 0.5) is 18.9 Å². The Kier molecular flexibility index (Phi) is 6.58. The Labute approximate surface area is 194 Å². The number of carbonyl (C=O) groups is 2. The van der Waals surface area contributed by atoms with Crippen molar-refractivity contribution < 1.29 is 27.5 Å². The number of rotatable bonds is 6. The van der Waals surface area contributed by atoms with Crippen LogP contribution in [0.3, 0.4) is 0 Å². The fourth-order valence-electron chi connectivity index (χ4n) is 4.13. The molecule has 3 aromatic heterocycles. The molecule has 1 amide bonds. The first-order valence-electron chi connectivity index (χ1n) is 11.1. The van der Waals surface area contributed by atoms with E-state index in [9.17, 15) is 22.8 Å². The van der Waals surface area contributed by atoms with Crippen molar-refractivity contribution in [2.45, 2.75) is 57.7 Å². The number of hydrogen-bond acceptors (Lipinski definition) is 5. The molecule has 1 fully saturated rings. The molecule has 0 bridgehead atoms. The summed E-state index contributed by atoms with van der Waals surface area (Å²) >= 11 is 0. The number of hydrogen-bond donors (Lipinski definition) is 1. The first-order valence-corrected chi connectivity index (χ1v) is 11.1. The summed E-state index contributed by atoms with van der Waals surface area (Å²) in [6.45, 7) is 3.65. The van der Waals surface area contributed by atoms with Gasteiger partial charge in [0.1, 0.15) is 34.8 Å². The van der Waals surface area contributed by atoms with Crippen LogP contribution in [0.1, 0.15) is 67.3 Å². The molecule has 0 unspecified atom stereocenters. The Morgan fingerprint density at radius 2 is 1.91 bits per heavy atom. The van der Waals surface area contributed by atoms with E-state index in [4.69, 9.17) is 9.72 Å². The van der Waals surface area contributed by atoms with Gasteiger partial charge in [-0.15, -0.1) is 0 Å². The van der Waals surface area contributed by atoms with Gasteiger partial charge in [0.2, 0.25) is 0 Å². The van der Waals surface area contributed by atoms with E-state index in [1.54, 1.807) is 16.7 Å². The number of aldehydes is 1. The van der Waals surface area contributed by atoms with Crippen LogP contribution in [0.15, 0.2) is 36.7 Å². The molecule has 1 aliphatic rings. The summed E-state index contributed by atoms with van der Waals surface area (Å²) in [6.07, 6.45) is 3.05. The smallest absolute Gasteiger partial charge is 0.433 e. The first kappa shape index (κ1) is 23.7. The van der Waals surface area contributed by atoms with Gasteiger partial charge in [0, 0.05) is 30.3 Å². The zero-order valence-corrected chi connectivity index (χ0v) is 18.8. The van der Waals surface area contributed by atoms with Gasteiger partial charge in [-0.3, -0.25) is 4.79 Å². The molecule has 3 heterocycles. The van der Waals surface area contributed by atoms with Crippen LogP contribution in [0.25, 0.3) is 5.65 Å². The molecule has 1 aliphatic carbocycles. The summed E-state index contributed by atoms with van der Waals surface area (Å²) in [6, 6.07) is 4.86. The van der Waals surface area contributed by atoms with E-state index in [0.717, 1.165) is 49.8 Å². The van der Waals surface area contributed by atoms with E-state index in [1.807, 2.05) is 20.0 Å². The van der Waals surface area contributed by atoms with Crippen LogP contribution >= 0.6 is 0 Å². The monoisotopic (exact) mass is 474 g/mol.